The van der Waals surface area contributed by atoms with Gasteiger partial charge in [-0.2, -0.15) is 0 Å². The number of furan rings is 1. The van der Waals surface area contributed by atoms with Gasteiger partial charge in [-0.3, -0.25) is 0 Å². The molecule has 0 bridgehead atoms. The third-order valence-electron chi connectivity index (χ3n) is 5.48. The van der Waals surface area contributed by atoms with Crippen LogP contribution >= 0.6 is 0 Å². The van der Waals surface area contributed by atoms with Gasteiger partial charge in [-0.15, -0.1) is 10.2 Å². The van der Waals surface area contributed by atoms with E-state index in [0.717, 1.165) is 34.3 Å². The van der Waals surface area contributed by atoms with E-state index in [2.05, 4.69) is 39.9 Å². The molecule has 1 atom stereocenters. The predicted molar refractivity (Wildman–Crippen MR) is 110 cm³/mol. The van der Waals surface area contributed by atoms with E-state index in [-0.39, 0.29) is 6.04 Å². The molecular formula is C21H28N6O. The number of fused-ring (bicyclic) bond motifs is 1. The van der Waals surface area contributed by atoms with Gasteiger partial charge in [0.15, 0.2) is 11.8 Å². The van der Waals surface area contributed by atoms with Gasteiger partial charge < -0.3 is 19.6 Å². The van der Waals surface area contributed by atoms with Crippen LogP contribution in [0.4, 0.5) is 0 Å². The summed E-state index contributed by atoms with van der Waals surface area (Å²) in [5, 5.41) is 16.5. The van der Waals surface area contributed by atoms with Crippen LogP contribution in [0, 0.1) is 6.92 Å². The van der Waals surface area contributed by atoms with Crippen LogP contribution in [0.2, 0.25) is 0 Å². The highest BCUT2D eigenvalue weighted by Crippen LogP contribution is 2.24. The minimum Gasteiger partial charge on any atom is -0.459 e. The maximum Gasteiger partial charge on any atom is 0.192 e. The average molecular weight is 380 g/mol. The second-order valence-corrected chi connectivity index (χ2v) is 7.57. The topological polar surface area (TPSA) is 80.3 Å². The third-order valence-corrected chi connectivity index (χ3v) is 5.48. The van der Waals surface area contributed by atoms with Crippen molar-refractivity contribution in [2.24, 2.45) is 12.0 Å². The van der Waals surface area contributed by atoms with Gasteiger partial charge in [0.2, 0.25) is 0 Å². The van der Waals surface area contributed by atoms with Gasteiger partial charge >= 0.3 is 0 Å². The Bertz CT molecular complexity index is 933. The smallest absolute Gasteiger partial charge is 0.192 e. The molecular weight excluding hydrogens is 352 g/mol. The van der Waals surface area contributed by atoms with Crippen molar-refractivity contribution >= 4 is 16.9 Å². The summed E-state index contributed by atoms with van der Waals surface area (Å²) in [5.41, 5.74) is 0.906. The minimum atomic E-state index is 0.00119. The van der Waals surface area contributed by atoms with Crippen molar-refractivity contribution < 1.29 is 4.42 Å². The van der Waals surface area contributed by atoms with Crippen molar-refractivity contribution in [2.75, 3.05) is 0 Å². The number of rotatable bonds is 5. The molecule has 2 heterocycles. The van der Waals surface area contributed by atoms with Gasteiger partial charge in [-0.25, -0.2) is 4.99 Å². The number of hydrogen-bond donors (Lipinski definition) is 2. The van der Waals surface area contributed by atoms with E-state index in [4.69, 9.17) is 9.41 Å². The Hall–Kier alpha value is -2.83. The Kier molecular flexibility index (Phi) is 5.32. The van der Waals surface area contributed by atoms with Crippen LogP contribution in [0.5, 0.6) is 0 Å². The average Bonchev–Trinajstić information content (AvgIpc) is 3.42. The molecule has 1 fully saturated rings. The molecule has 28 heavy (non-hydrogen) atoms. The zero-order chi connectivity index (χ0) is 19.5. The molecule has 0 saturated heterocycles. The summed E-state index contributed by atoms with van der Waals surface area (Å²) in [6, 6.07) is 10.6. The number of aliphatic imine (C=N–C) groups is 1. The standard InChI is InChI=1S/C21H28N6O/c1-14(19-12-16-8-4-7-11-18(16)28-19)23-21(24-17-9-5-6-10-17)22-13-20-26-25-15(2)27(20)3/h4,7-8,11-12,14,17H,5-6,9-10,13H2,1-3H3,(H2,22,23,24). The normalized spacial score (nSPS) is 16.6. The number of guanidine groups is 1. The Morgan fingerprint density at radius 3 is 2.79 bits per heavy atom. The van der Waals surface area contributed by atoms with Crippen LogP contribution < -0.4 is 10.6 Å². The van der Waals surface area contributed by atoms with E-state index >= 15 is 0 Å². The zero-order valence-corrected chi connectivity index (χ0v) is 16.8. The predicted octanol–water partition coefficient (Wildman–Crippen LogP) is 3.61. The number of benzene rings is 1. The zero-order valence-electron chi connectivity index (χ0n) is 16.8. The maximum atomic E-state index is 6.01. The SMILES string of the molecule is Cc1nnc(CN=C(NC2CCCC2)NC(C)c2cc3ccccc3o2)n1C. The number of aromatic nitrogens is 3. The first kappa shape index (κ1) is 18.5. The molecule has 7 nitrogen and oxygen atoms in total. The second kappa shape index (κ2) is 8.04. The molecule has 3 aromatic rings. The van der Waals surface area contributed by atoms with E-state index in [1.54, 1.807) is 0 Å². The summed E-state index contributed by atoms with van der Waals surface area (Å²) in [4.78, 5) is 4.78. The van der Waals surface area contributed by atoms with Crippen molar-refractivity contribution in [2.45, 2.75) is 58.2 Å². The summed E-state index contributed by atoms with van der Waals surface area (Å²) in [5.74, 6) is 3.43. The van der Waals surface area contributed by atoms with Crippen LogP contribution in [0.1, 0.15) is 56.1 Å². The second-order valence-electron chi connectivity index (χ2n) is 7.57. The monoisotopic (exact) mass is 380 g/mol. The number of hydrogen-bond acceptors (Lipinski definition) is 4. The summed E-state index contributed by atoms with van der Waals surface area (Å²) >= 11 is 0. The molecule has 0 aliphatic heterocycles. The molecule has 7 heteroatoms. The Labute approximate surface area is 165 Å². The highest BCUT2D eigenvalue weighted by molar-refractivity contribution is 5.81. The van der Waals surface area contributed by atoms with Crippen molar-refractivity contribution in [1.29, 1.82) is 0 Å². The quantitative estimate of drug-likeness (QED) is 0.522. The third kappa shape index (κ3) is 4.03. The molecule has 0 spiro atoms. The molecule has 0 radical (unpaired) electrons. The first-order chi connectivity index (χ1) is 13.6. The van der Waals surface area contributed by atoms with E-state index in [9.17, 15) is 0 Å². The lowest BCUT2D eigenvalue weighted by Gasteiger charge is -2.20. The molecule has 1 aliphatic carbocycles. The first-order valence-corrected chi connectivity index (χ1v) is 10.0. The van der Waals surface area contributed by atoms with Gasteiger partial charge in [0.25, 0.3) is 0 Å². The summed E-state index contributed by atoms with van der Waals surface area (Å²) in [7, 11) is 1.97. The Balaban J connectivity index is 1.51. The highest BCUT2D eigenvalue weighted by atomic mass is 16.3. The van der Waals surface area contributed by atoms with Crippen LogP contribution in [0.25, 0.3) is 11.0 Å². The van der Waals surface area contributed by atoms with Gasteiger partial charge in [0.1, 0.15) is 23.7 Å². The van der Waals surface area contributed by atoms with Crippen LogP contribution in [-0.2, 0) is 13.6 Å². The fourth-order valence-corrected chi connectivity index (χ4v) is 3.63. The molecule has 2 N–H and O–H groups in total. The van der Waals surface area contributed by atoms with Gasteiger partial charge in [0.05, 0.1) is 6.04 Å². The summed E-state index contributed by atoms with van der Waals surface area (Å²) in [6.45, 7) is 4.52. The lowest BCUT2D eigenvalue weighted by Crippen LogP contribution is -2.43. The van der Waals surface area contributed by atoms with E-state index in [0.29, 0.717) is 12.6 Å². The molecule has 148 valence electrons. The van der Waals surface area contributed by atoms with E-state index in [1.807, 2.05) is 36.7 Å². The minimum absolute atomic E-state index is 0.00119. The van der Waals surface area contributed by atoms with Crippen LogP contribution in [0.3, 0.4) is 0 Å². The maximum absolute atomic E-state index is 6.01. The van der Waals surface area contributed by atoms with Gasteiger partial charge in [-0.1, -0.05) is 31.0 Å². The van der Waals surface area contributed by atoms with E-state index in [1.165, 1.54) is 25.7 Å². The molecule has 2 aromatic heterocycles. The fraction of sp³-hybridized carbons (Fsp3) is 0.476. The van der Waals surface area contributed by atoms with Crippen molar-refractivity contribution in [1.82, 2.24) is 25.4 Å². The summed E-state index contributed by atoms with van der Waals surface area (Å²) < 4.78 is 7.99. The number of nitrogens with zero attached hydrogens (tertiary/aromatic N) is 4. The van der Waals surface area contributed by atoms with Crippen molar-refractivity contribution in [3.05, 3.63) is 47.7 Å². The number of nitrogens with one attached hydrogen (secondary N) is 2. The molecule has 1 saturated carbocycles. The fourth-order valence-electron chi connectivity index (χ4n) is 3.63. The van der Waals surface area contributed by atoms with Crippen LogP contribution in [0.15, 0.2) is 39.7 Å². The highest BCUT2D eigenvalue weighted by Gasteiger charge is 2.19. The van der Waals surface area contributed by atoms with Crippen molar-refractivity contribution in [3.8, 4) is 0 Å². The first-order valence-electron chi connectivity index (χ1n) is 10.0. The molecule has 1 aliphatic rings. The Morgan fingerprint density at radius 2 is 2.07 bits per heavy atom. The Morgan fingerprint density at radius 1 is 1.29 bits per heavy atom. The lowest BCUT2D eigenvalue weighted by atomic mass is 10.2. The number of para-hydroxylation sites is 1. The van der Waals surface area contributed by atoms with Gasteiger partial charge in [0, 0.05) is 18.5 Å². The van der Waals surface area contributed by atoms with E-state index < -0.39 is 0 Å². The molecule has 1 aromatic carbocycles. The van der Waals surface area contributed by atoms with Crippen LogP contribution in [-0.4, -0.2) is 26.8 Å². The lowest BCUT2D eigenvalue weighted by molar-refractivity contribution is 0.484. The van der Waals surface area contributed by atoms with Crippen molar-refractivity contribution in [3.63, 3.8) is 0 Å². The molecule has 4 rings (SSSR count). The largest absolute Gasteiger partial charge is 0.459 e. The molecule has 1 unspecified atom stereocenters. The van der Waals surface area contributed by atoms with Gasteiger partial charge in [-0.05, 0) is 38.8 Å². The number of aryl methyl sites for hydroxylation is 1. The molecule has 0 amide bonds. The summed E-state index contributed by atoms with van der Waals surface area (Å²) in [6.07, 6.45) is 4.91.